The van der Waals surface area contributed by atoms with Gasteiger partial charge in [0, 0.05) is 16.9 Å². The van der Waals surface area contributed by atoms with Crippen molar-refractivity contribution in [3.63, 3.8) is 0 Å². The topological polar surface area (TPSA) is 43.1 Å². The van der Waals surface area contributed by atoms with Crippen LogP contribution in [0.5, 0.6) is 0 Å². The van der Waals surface area contributed by atoms with Crippen LogP contribution in [0.15, 0.2) is 22.7 Å². The Morgan fingerprint density at radius 1 is 1.35 bits per heavy atom. The van der Waals surface area contributed by atoms with Crippen LogP contribution in [0.4, 0.5) is 0 Å². The van der Waals surface area contributed by atoms with Crippen LogP contribution in [0.25, 0.3) is 0 Å². The molecule has 0 bridgehead atoms. The van der Waals surface area contributed by atoms with E-state index in [0.717, 1.165) is 10.0 Å². The van der Waals surface area contributed by atoms with E-state index in [2.05, 4.69) is 48.8 Å². The number of hydrogen-bond acceptors (Lipinski definition) is 2. The lowest BCUT2D eigenvalue weighted by Gasteiger charge is -2.22. The van der Waals surface area contributed by atoms with Gasteiger partial charge in [0.2, 0.25) is 0 Å². The Bertz CT molecular complexity index is 421. The molecule has 0 heterocycles. The van der Waals surface area contributed by atoms with Crippen molar-refractivity contribution in [1.29, 1.82) is 0 Å². The number of carbonyl (C=O) groups excluding carboxylic acids is 1. The molecule has 2 N–H and O–H groups in total. The van der Waals surface area contributed by atoms with Crippen LogP contribution >= 0.6 is 15.9 Å². The second-order valence-electron chi connectivity index (χ2n) is 5.54. The van der Waals surface area contributed by atoms with Gasteiger partial charge in [0.25, 0.3) is 0 Å². The molecule has 1 rings (SSSR count). The van der Waals surface area contributed by atoms with Crippen LogP contribution in [0.1, 0.15) is 51.3 Å². The van der Waals surface area contributed by atoms with Crippen LogP contribution in [0.2, 0.25) is 0 Å². The predicted octanol–water partition coefficient (Wildman–Crippen LogP) is 3.73. The fourth-order valence-electron chi connectivity index (χ4n) is 1.69. The van der Waals surface area contributed by atoms with Gasteiger partial charge in [0.1, 0.15) is 5.78 Å². The quantitative estimate of drug-likeness (QED) is 0.924. The summed E-state index contributed by atoms with van der Waals surface area (Å²) >= 11 is 3.50. The van der Waals surface area contributed by atoms with Crippen molar-refractivity contribution < 1.29 is 4.79 Å². The van der Waals surface area contributed by atoms with Gasteiger partial charge in [-0.1, -0.05) is 42.8 Å². The van der Waals surface area contributed by atoms with Crippen LogP contribution in [0.3, 0.4) is 0 Å². The van der Waals surface area contributed by atoms with Crippen molar-refractivity contribution in [2.24, 2.45) is 5.73 Å². The molecule has 0 aliphatic heterocycles. The third kappa shape index (κ3) is 4.25. The summed E-state index contributed by atoms with van der Waals surface area (Å²) in [4.78, 5) is 11.1. The molecule has 0 fully saturated rings. The molecule has 2 nitrogen and oxygen atoms in total. The largest absolute Gasteiger partial charge is 0.324 e. The summed E-state index contributed by atoms with van der Waals surface area (Å²) in [5.74, 6) is 0.120. The van der Waals surface area contributed by atoms with Gasteiger partial charge < -0.3 is 5.73 Å². The molecule has 1 unspecified atom stereocenters. The number of rotatable bonds is 3. The summed E-state index contributed by atoms with van der Waals surface area (Å²) in [6.07, 6.45) is 0.389. The molecule has 0 aliphatic rings. The van der Waals surface area contributed by atoms with Gasteiger partial charge in [-0.25, -0.2) is 0 Å². The molecule has 1 aromatic carbocycles. The maximum Gasteiger partial charge on any atom is 0.131 e. The molecule has 0 saturated carbocycles. The van der Waals surface area contributed by atoms with Crippen LogP contribution < -0.4 is 5.73 Å². The minimum absolute atomic E-state index is 0.0779. The van der Waals surface area contributed by atoms with Crippen molar-refractivity contribution in [1.82, 2.24) is 0 Å². The summed E-state index contributed by atoms with van der Waals surface area (Å²) in [5, 5.41) is 0. The highest BCUT2D eigenvalue weighted by molar-refractivity contribution is 9.10. The first kappa shape index (κ1) is 14.4. The Labute approximate surface area is 112 Å². The summed E-state index contributed by atoms with van der Waals surface area (Å²) in [7, 11) is 0. The standard InChI is InChI=1S/C14H20BrNO/c1-9(17)5-13(16)10-6-11(14(2,3)4)8-12(15)7-10/h6-8,13H,5,16H2,1-4H3. The predicted molar refractivity (Wildman–Crippen MR) is 75.1 cm³/mol. The van der Waals surface area contributed by atoms with E-state index in [0.29, 0.717) is 6.42 Å². The fourth-order valence-corrected chi connectivity index (χ4v) is 2.20. The number of benzene rings is 1. The molecule has 0 spiro atoms. The zero-order valence-corrected chi connectivity index (χ0v) is 12.5. The minimum atomic E-state index is -0.217. The van der Waals surface area contributed by atoms with Gasteiger partial charge in [-0.15, -0.1) is 0 Å². The van der Waals surface area contributed by atoms with E-state index in [1.165, 1.54) is 5.56 Å². The summed E-state index contributed by atoms with van der Waals surface area (Å²) in [6.45, 7) is 8.06. The monoisotopic (exact) mass is 297 g/mol. The Morgan fingerprint density at radius 3 is 2.41 bits per heavy atom. The Hall–Kier alpha value is -0.670. The van der Waals surface area contributed by atoms with Crippen molar-refractivity contribution in [3.05, 3.63) is 33.8 Å². The molecule has 0 saturated heterocycles. The average Bonchev–Trinajstić information content (AvgIpc) is 2.14. The van der Waals surface area contributed by atoms with Gasteiger partial charge in [-0.2, -0.15) is 0 Å². The maximum atomic E-state index is 11.1. The number of hydrogen-bond donors (Lipinski definition) is 1. The number of carbonyl (C=O) groups is 1. The number of ketones is 1. The van der Waals surface area contributed by atoms with E-state index in [9.17, 15) is 4.79 Å². The third-order valence-electron chi connectivity index (χ3n) is 2.72. The fraction of sp³-hybridized carbons (Fsp3) is 0.500. The zero-order chi connectivity index (χ0) is 13.2. The molecule has 0 aliphatic carbocycles. The van der Waals surface area contributed by atoms with Crippen molar-refractivity contribution in [2.75, 3.05) is 0 Å². The van der Waals surface area contributed by atoms with Gasteiger partial charge in [0.05, 0.1) is 0 Å². The molecule has 17 heavy (non-hydrogen) atoms. The third-order valence-corrected chi connectivity index (χ3v) is 3.18. The highest BCUT2D eigenvalue weighted by atomic mass is 79.9. The average molecular weight is 298 g/mol. The van der Waals surface area contributed by atoms with Gasteiger partial charge in [0.15, 0.2) is 0 Å². The summed E-state index contributed by atoms with van der Waals surface area (Å²) in [6, 6.07) is 5.97. The van der Waals surface area contributed by atoms with Crippen LogP contribution in [-0.2, 0) is 10.2 Å². The molecule has 1 atom stereocenters. The first-order valence-electron chi connectivity index (χ1n) is 5.76. The highest BCUT2D eigenvalue weighted by Crippen LogP contribution is 2.29. The normalized spacial score (nSPS) is 13.5. The van der Waals surface area contributed by atoms with Crippen molar-refractivity contribution in [3.8, 4) is 0 Å². The molecule has 0 radical (unpaired) electrons. The van der Waals surface area contributed by atoms with Crippen molar-refractivity contribution in [2.45, 2.75) is 45.6 Å². The van der Waals surface area contributed by atoms with E-state index in [1.54, 1.807) is 6.92 Å². The minimum Gasteiger partial charge on any atom is -0.324 e. The molecule has 1 aromatic rings. The first-order chi connectivity index (χ1) is 7.70. The number of halogens is 1. The second kappa shape index (κ2) is 5.32. The Kier molecular flexibility index (Phi) is 4.50. The Balaban J connectivity index is 3.09. The Morgan fingerprint density at radius 2 is 1.94 bits per heavy atom. The number of nitrogens with two attached hydrogens (primary N) is 1. The lowest BCUT2D eigenvalue weighted by atomic mass is 9.85. The highest BCUT2D eigenvalue weighted by Gasteiger charge is 2.17. The summed E-state index contributed by atoms with van der Waals surface area (Å²) in [5.41, 5.74) is 8.35. The molecular formula is C14H20BrNO. The zero-order valence-electron chi connectivity index (χ0n) is 10.9. The lowest BCUT2D eigenvalue weighted by Crippen LogP contribution is -2.16. The van der Waals surface area contributed by atoms with Crippen LogP contribution in [0, 0.1) is 0 Å². The maximum absolute atomic E-state index is 11.1. The molecule has 3 heteroatoms. The first-order valence-corrected chi connectivity index (χ1v) is 6.55. The van der Waals surface area contributed by atoms with Gasteiger partial charge in [-0.3, -0.25) is 4.79 Å². The molecular weight excluding hydrogens is 278 g/mol. The van der Waals surface area contributed by atoms with Crippen LogP contribution in [-0.4, -0.2) is 5.78 Å². The molecule has 0 aromatic heterocycles. The number of Topliss-reactive ketones (excluding diaryl/α,β-unsaturated/α-hetero) is 1. The second-order valence-corrected chi connectivity index (χ2v) is 6.45. The van der Waals surface area contributed by atoms with E-state index in [4.69, 9.17) is 5.73 Å². The van der Waals surface area contributed by atoms with Gasteiger partial charge in [-0.05, 0) is 35.6 Å². The molecule has 0 amide bonds. The van der Waals surface area contributed by atoms with E-state index in [1.807, 2.05) is 6.07 Å². The van der Waals surface area contributed by atoms with E-state index in [-0.39, 0.29) is 17.2 Å². The van der Waals surface area contributed by atoms with E-state index >= 15 is 0 Å². The van der Waals surface area contributed by atoms with Crippen molar-refractivity contribution >= 4 is 21.7 Å². The smallest absolute Gasteiger partial charge is 0.131 e. The SMILES string of the molecule is CC(=O)CC(N)c1cc(Br)cc(C(C)(C)C)c1. The summed E-state index contributed by atoms with van der Waals surface area (Å²) < 4.78 is 1.01. The van der Waals surface area contributed by atoms with Gasteiger partial charge >= 0.3 is 0 Å². The molecule has 94 valence electrons. The van der Waals surface area contributed by atoms with E-state index < -0.39 is 0 Å². The lowest BCUT2D eigenvalue weighted by molar-refractivity contribution is -0.117.